The number of carbonyl (C=O) groups excluding carboxylic acids is 3. The van der Waals surface area contributed by atoms with Gasteiger partial charge in [0.25, 0.3) is 0 Å². The van der Waals surface area contributed by atoms with Crippen LogP contribution in [0.25, 0.3) is 0 Å². The highest BCUT2D eigenvalue weighted by Crippen LogP contribution is 2.63. The van der Waals surface area contributed by atoms with Crippen LogP contribution in [0.2, 0.25) is 0 Å². The second-order valence-corrected chi connectivity index (χ2v) is 12.1. The Morgan fingerprint density at radius 1 is 1.17 bits per heavy atom. The van der Waals surface area contributed by atoms with Crippen molar-refractivity contribution in [2.24, 2.45) is 52.3 Å². The third kappa shape index (κ3) is 3.96. The summed E-state index contributed by atoms with van der Waals surface area (Å²) in [5.41, 5.74) is -2.56. The van der Waals surface area contributed by atoms with Gasteiger partial charge in [-0.05, 0) is 55.3 Å². The predicted molar refractivity (Wildman–Crippen MR) is 139 cm³/mol. The maximum Gasteiger partial charge on any atom is 0.244 e. The predicted octanol–water partition coefficient (Wildman–Crippen LogP) is 4.24. The molecule has 6 nitrogen and oxygen atoms in total. The quantitative estimate of drug-likeness (QED) is 0.325. The summed E-state index contributed by atoms with van der Waals surface area (Å²) in [4.78, 5) is 42.1. The molecule has 4 rings (SSSR count). The third-order valence-electron chi connectivity index (χ3n) is 9.87. The Bertz CT molecular complexity index is 984. The fraction of sp³-hybridized carbons (Fsp3) is 0.700. The summed E-state index contributed by atoms with van der Waals surface area (Å²) in [6.45, 7) is 10.4. The maximum atomic E-state index is 14.7. The van der Waals surface area contributed by atoms with E-state index < -0.39 is 40.8 Å². The number of ketones is 2. The highest BCUT2D eigenvalue weighted by atomic mass is 16.5. The molecule has 11 atom stereocenters. The van der Waals surface area contributed by atoms with Gasteiger partial charge >= 0.3 is 0 Å². The Kier molecular flexibility index (Phi) is 7.51. The molecule has 4 aliphatic rings. The average molecular weight is 498 g/mol. The minimum Gasteiger partial charge on any atom is -0.393 e. The Labute approximate surface area is 215 Å². The number of amides is 1. The van der Waals surface area contributed by atoms with E-state index >= 15 is 0 Å². The third-order valence-corrected chi connectivity index (χ3v) is 9.87. The van der Waals surface area contributed by atoms with E-state index in [1.807, 2.05) is 45.1 Å². The van der Waals surface area contributed by atoms with Gasteiger partial charge in [0.15, 0.2) is 17.4 Å². The number of aliphatic hydroxyl groups is 1. The Hall–Kier alpha value is -2.05. The first kappa shape index (κ1) is 27.0. The molecule has 11 unspecified atom stereocenters. The minimum atomic E-state index is -1.77. The smallest absolute Gasteiger partial charge is 0.244 e. The van der Waals surface area contributed by atoms with Crippen molar-refractivity contribution < 1.29 is 24.2 Å². The van der Waals surface area contributed by atoms with E-state index in [0.29, 0.717) is 24.7 Å². The summed E-state index contributed by atoms with van der Waals surface area (Å²) in [5, 5.41) is 12.7. The van der Waals surface area contributed by atoms with E-state index in [-0.39, 0.29) is 29.5 Å². The number of rotatable bonds is 6. The molecule has 1 heterocycles. The van der Waals surface area contributed by atoms with E-state index in [1.54, 1.807) is 0 Å². The zero-order valence-corrected chi connectivity index (χ0v) is 22.6. The largest absolute Gasteiger partial charge is 0.393 e. The summed E-state index contributed by atoms with van der Waals surface area (Å²) in [6.07, 6.45) is 13.7. The molecule has 1 saturated heterocycles. The first-order valence-electron chi connectivity index (χ1n) is 13.7. The molecule has 0 bridgehead atoms. The van der Waals surface area contributed by atoms with Crippen LogP contribution in [0.1, 0.15) is 60.3 Å². The summed E-state index contributed by atoms with van der Waals surface area (Å²) in [5.74, 6) is -0.533. The van der Waals surface area contributed by atoms with Gasteiger partial charge in [0, 0.05) is 24.4 Å². The summed E-state index contributed by atoms with van der Waals surface area (Å²) in [6, 6.07) is 0. The number of aliphatic hydroxyl groups excluding tert-OH is 1. The van der Waals surface area contributed by atoms with E-state index in [0.717, 1.165) is 12.8 Å². The number of nitrogens with one attached hydrogen (secondary N) is 1. The molecule has 3 aliphatic carbocycles. The normalized spacial score (nSPS) is 44.2. The van der Waals surface area contributed by atoms with Crippen molar-refractivity contribution in [1.82, 2.24) is 5.32 Å². The van der Waals surface area contributed by atoms with Crippen molar-refractivity contribution >= 4 is 17.5 Å². The molecule has 1 aliphatic heterocycles. The van der Waals surface area contributed by atoms with E-state index in [2.05, 4.69) is 31.3 Å². The van der Waals surface area contributed by atoms with Gasteiger partial charge in [-0.25, -0.2) is 0 Å². The molecule has 3 fully saturated rings. The number of carbonyl (C=O) groups is 3. The molecule has 2 N–H and O–H groups in total. The van der Waals surface area contributed by atoms with Gasteiger partial charge in [-0.3, -0.25) is 14.4 Å². The molecule has 1 spiro atoms. The topological polar surface area (TPSA) is 92.7 Å². The highest BCUT2D eigenvalue weighted by Gasteiger charge is 2.72. The second kappa shape index (κ2) is 10.0. The fourth-order valence-electron chi connectivity index (χ4n) is 8.07. The number of ether oxygens (including phenoxy) is 1. The zero-order valence-electron chi connectivity index (χ0n) is 22.6. The van der Waals surface area contributed by atoms with Gasteiger partial charge in [0.1, 0.15) is 0 Å². The standard InChI is InChI=1S/C30H43NO5/c1-7-23(32)18(3)10-8-9-11-22-16-21-13-12-20-15-17(2)14-19(4)24(20)29(21,5)27(34)30(22)25(33)26(36-6)31-28(30)35/h8-13,17-24,26,32H,7,14-16H2,1-6H3,(H,31,35)/b10-8+,11-9+. The van der Waals surface area contributed by atoms with Crippen LogP contribution >= 0.6 is 0 Å². The molecular weight excluding hydrogens is 454 g/mol. The summed E-state index contributed by atoms with van der Waals surface area (Å²) >= 11 is 0. The molecular formula is C30H43NO5. The Balaban J connectivity index is 1.76. The molecule has 1 amide bonds. The monoisotopic (exact) mass is 497 g/mol. The second-order valence-electron chi connectivity index (χ2n) is 12.1. The van der Waals surface area contributed by atoms with Crippen molar-refractivity contribution in [3.05, 3.63) is 36.5 Å². The lowest BCUT2D eigenvalue weighted by molar-refractivity contribution is -0.169. The van der Waals surface area contributed by atoms with Crippen LogP contribution in [0.15, 0.2) is 36.5 Å². The summed E-state index contributed by atoms with van der Waals surface area (Å²) in [7, 11) is 1.39. The van der Waals surface area contributed by atoms with Crippen LogP contribution in [0.5, 0.6) is 0 Å². The lowest BCUT2D eigenvalue weighted by Crippen LogP contribution is -2.65. The average Bonchev–Trinajstić information content (AvgIpc) is 3.09. The zero-order chi connectivity index (χ0) is 26.4. The van der Waals surface area contributed by atoms with E-state index in [1.165, 1.54) is 7.11 Å². The van der Waals surface area contributed by atoms with Crippen LogP contribution in [0.3, 0.4) is 0 Å². The first-order chi connectivity index (χ1) is 17.0. The van der Waals surface area contributed by atoms with Gasteiger partial charge in [0.05, 0.1) is 6.10 Å². The molecule has 0 aromatic rings. The number of allylic oxidation sites excluding steroid dienone is 5. The maximum absolute atomic E-state index is 14.7. The van der Waals surface area contributed by atoms with Gasteiger partial charge < -0.3 is 15.2 Å². The van der Waals surface area contributed by atoms with E-state index in [4.69, 9.17) is 4.74 Å². The van der Waals surface area contributed by atoms with Crippen molar-refractivity contribution in [1.29, 1.82) is 0 Å². The molecule has 0 radical (unpaired) electrons. The van der Waals surface area contributed by atoms with Crippen LogP contribution in [0, 0.1) is 52.3 Å². The number of hydrogen-bond donors (Lipinski definition) is 2. The Morgan fingerprint density at radius 3 is 2.53 bits per heavy atom. The molecule has 0 aromatic heterocycles. The van der Waals surface area contributed by atoms with Crippen molar-refractivity contribution in [3.8, 4) is 0 Å². The molecule has 0 aromatic carbocycles. The van der Waals surface area contributed by atoms with Crippen molar-refractivity contribution in [2.75, 3.05) is 7.11 Å². The van der Waals surface area contributed by atoms with Crippen molar-refractivity contribution in [3.63, 3.8) is 0 Å². The van der Waals surface area contributed by atoms with E-state index in [9.17, 15) is 19.5 Å². The molecule has 2 saturated carbocycles. The number of hydrogen-bond acceptors (Lipinski definition) is 5. The van der Waals surface area contributed by atoms with Gasteiger partial charge in [0.2, 0.25) is 11.7 Å². The lowest BCUT2D eigenvalue weighted by atomic mass is 9.42. The van der Waals surface area contributed by atoms with Gasteiger partial charge in [-0.15, -0.1) is 0 Å². The molecule has 6 heteroatoms. The number of Topliss-reactive ketones (excluding diaryl/α,β-unsaturated/α-hetero) is 2. The SMILES string of the molecule is CCC(O)C(C)/C=C/C=C/C1CC2C=CC3CC(C)CC(C)C3C2(C)C(=O)C12C(=O)NC(OC)C2=O. The van der Waals surface area contributed by atoms with Gasteiger partial charge in [-0.1, -0.05) is 71.1 Å². The van der Waals surface area contributed by atoms with Crippen LogP contribution in [0.4, 0.5) is 0 Å². The van der Waals surface area contributed by atoms with Crippen LogP contribution in [-0.4, -0.2) is 42.0 Å². The minimum absolute atomic E-state index is 0.0208. The number of methoxy groups -OCH3 is 1. The van der Waals surface area contributed by atoms with Crippen LogP contribution in [-0.2, 0) is 19.1 Å². The number of fused-ring (bicyclic) bond motifs is 3. The summed E-state index contributed by atoms with van der Waals surface area (Å²) < 4.78 is 5.31. The first-order valence-corrected chi connectivity index (χ1v) is 13.7. The molecule has 198 valence electrons. The molecule has 36 heavy (non-hydrogen) atoms. The highest BCUT2D eigenvalue weighted by molar-refractivity contribution is 6.30. The fourth-order valence-corrected chi connectivity index (χ4v) is 8.07. The lowest BCUT2D eigenvalue weighted by Gasteiger charge is -2.58. The van der Waals surface area contributed by atoms with Crippen molar-refractivity contribution in [2.45, 2.75) is 72.6 Å². The Morgan fingerprint density at radius 2 is 1.89 bits per heavy atom. The van der Waals surface area contributed by atoms with Crippen LogP contribution < -0.4 is 5.32 Å². The van der Waals surface area contributed by atoms with Gasteiger partial charge in [-0.2, -0.15) is 0 Å².